The second kappa shape index (κ2) is 5.34. The first-order valence-corrected chi connectivity index (χ1v) is 5.35. The van der Waals surface area contributed by atoms with Crippen LogP contribution < -0.4 is 16.4 Å². The normalized spacial score (nSPS) is 11.7. The Labute approximate surface area is 100 Å². The van der Waals surface area contributed by atoms with Gasteiger partial charge in [-0.05, 0) is 31.5 Å². The van der Waals surface area contributed by atoms with Crippen LogP contribution in [0, 0.1) is 6.92 Å². The summed E-state index contributed by atoms with van der Waals surface area (Å²) in [5, 5.41) is 5.08. The van der Waals surface area contributed by atoms with Gasteiger partial charge in [0.15, 0.2) is 0 Å². The lowest BCUT2D eigenvalue weighted by Crippen LogP contribution is -2.43. The molecular formula is C12H17N3O2. The van der Waals surface area contributed by atoms with Crippen molar-refractivity contribution < 1.29 is 9.59 Å². The minimum Gasteiger partial charge on any atom is -0.398 e. The molecule has 0 aliphatic heterocycles. The molecule has 1 aromatic rings. The van der Waals surface area contributed by atoms with Crippen molar-refractivity contribution in [3.8, 4) is 0 Å². The molecule has 0 aliphatic rings. The van der Waals surface area contributed by atoms with E-state index in [2.05, 4.69) is 10.6 Å². The number of hydrogen-bond donors (Lipinski definition) is 3. The molecule has 0 spiro atoms. The molecule has 92 valence electrons. The molecular weight excluding hydrogens is 218 g/mol. The van der Waals surface area contributed by atoms with Crippen LogP contribution in [-0.4, -0.2) is 24.9 Å². The summed E-state index contributed by atoms with van der Waals surface area (Å²) in [5.74, 6) is -0.536. The highest BCUT2D eigenvalue weighted by Gasteiger charge is 2.16. The Hall–Kier alpha value is -2.04. The molecule has 0 fully saturated rings. The van der Waals surface area contributed by atoms with Crippen LogP contribution in [0.15, 0.2) is 18.2 Å². The number of nitrogen functional groups attached to an aromatic ring is 1. The molecule has 5 heteroatoms. The maximum atomic E-state index is 11.9. The standard InChI is InChI=1S/C12H17N3O2/c1-7-9(5-4-6-10(7)13)12(17)15-8(2)11(16)14-3/h4-6,8H,13H2,1-3H3,(H,14,16)(H,15,17). The molecule has 1 aromatic carbocycles. The third kappa shape index (κ3) is 2.96. The molecule has 0 aliphatic carbocycles. The molecule has 0 radical (unpaired) electrons. The van der Waals surface area contributed by atoms with Crippen molar-refractivity contribution in [2.24, 2.45) is 0 Å². The Morgan fingerprint density at radius 2 is 2.00 bits per heavy atom. The van der Waals surface area contributed by atoms with Crippen molar-refractivity contribution in [3.63, 3.8) is 0 Å². The van der Waals surface area contributed by atoms with Crippen LogP contribution in [0.1, 0.15) is 22.8 Å². The smallest absolute Gasteiger partial charge is 0.252 e. The van der Waals surface area contributed by atoms with Crippen molar-refractivity contribution in [2.75, 3.05) is 12.8 Å². The molecule has 1 rings (SSSR count). The van der Waals surface area contributed by atoms with Gasteiger partial charge in [-0.15, -0.1) is 0 Å². The lowest BCUT2D eigenvalue weighted by Gasteiger charge is -2.14. The number of hydrogen-bond acceptors (Lipinski definition) is 3. The van der Waals surface area contributed by atoms with Gasteiger partial charge in [0.25, 0.3) is 5.91 Å². The van der Waals surface area contributed by atoms with Gasteiger partial charge < -0.3 is 16.4 Å². The van der Waals surface area contributed by atoms with Gasteiger partial charge in [0.05, 0.1) is 0 Å². The number of anilines is 1. The van der Waals surface area contributed by atoms with Crippen LogP contribution in [0.4, 0.5) is 5.69 Å². The molecule has 4 N–H and O–H groups in total. The lowest BCUT2D eigenvalue weighted by atomic mass is 10.1. The van der Waals surface area contributed by atoms with E-state index >= 15 is 0 Å². The fourth-order valence-electron chi connectivity index (χ4n) is 1.46. The second-order valence-corrected chi connectivity index (χ2v) is 3.83. The van der Waals surface area contributed by atoms with E-state index in [-0.39, 0.29) is 11.8 Å². The molecule has 0 heterocycles. The van der Waals surface area contributed by atoms with Gasteiger partial charge in [0, 0.05) is 18.3 Å². The molecule has 0 saturated heterocycles. The Morgan fingerprint density at radius 1 is 1.35 bits per heavy atom. The Balaban J connectivity index is 2.84. The summed E-state index contributed by atoms with van der Waals surface area (Å²) in [6.45, 7) is 3.40. The molecule has 1 atom stereocenters. The van der Waals surface area contributed by atoms with Crippen LogP contribution >= 0.6 is 0 Å². The van der Waals surface area contributed by atoms with Gasteiger partial charge in [0.2, 0.25) is 5.91 Å². The van der Waals surface area contributed by atoms with E-state index in [1.54, 1.807) is 32.0 Å². The number of rotatable bonds is 3. The predicted octanol–water partition coefficient (Wildman–Crippen LogP) is 0.442. The van der Waals surface area contributed by atoms with Gasteiger partial charge in [-0.1, -0.05) is 6.07 Å². The van der Waals surface area contributed by atoms with E-state index in [9.17, 15) is 9.59 Å². The molecule has 2 amide bonds. The SMILES string of the molecule is CNC(=O)C(C)NC(=O)c1cccc(N)c1C. The molecule has 17 heavy (non-hydrogen) atoms. The van der Waals surface area contributed by atoms with Crippen LogP contribution in [0.2, 0.25) is 0 Å². The zero-order valence-corrected chi connectivity index (χ0v) is 10.2. The Bertz CT molecular complexity index is 443. The fraction of sp³-hybridized carbons (Fsp3) is 0.333. The second-order valence-electron chi connectivity index (χ2n) is 3.83. The number of benzene rings is 1. The van der Waals surface area contributed by atoms with Gasteiger partial charge in [-0.2, -0.15) is 0 Å². The Kier molecular flexibility index (Phi) is 4.09. The number of nitrogens with one attached hydrogen (secondary N) is 2. The minimum atomic E-state index is -0.576. The van der Waals surface area contributed by atoms with E-state index in [0.29, 0.717) is 16.8 Å². The molecule has 1 unspecified atom stereocenters. The van der Waals surface area contributed by atoms with Crippen molar-refractivity contribution >= 4 is 17.5 Å². The van der Waals surface area contributed by atoms with Crippen molar-refractivity contribution in [2.45, 2.75) is 19.9 Å². The summed E-state index contributed by atoms with van der Waals surface area (Å²) in [7, 11) is 1.52. The highest BCUT2D eigenvalue weighted by molar-refractivity contribution is 5.99. The maximum absolute atomic E-state index is 11.9. The van der Waals surface area contributed by atoms with E-state index < -0.39 is 6.04 Å². The lowest BCUT2D eigenvalue weighted by molar-refractivity contribution is -0.122. The minimum absolute atomic E-state index is 0.236. The average molecular weight is 235 g/mol. The first-order chi connectivity index (χ1) is 7.97. The number of carbonyl (C=O) groups is 2. The maximum Gasteiger partial charge on any atom is 0.252 e. The average Bonchev–Trinajstić information content (AvgIpc) is 2.31. The Morgan fingerprint density at radius 3 is 2.59 bits per heavy atom. The van der Waals surface area contributed by atoms with E-state index in [0.717, 1.165) is 0 Å². The van der Waals surface area contributed by atoms with Crippen LogP contribution in [-0.2, 0) is 4.79 Å². The summed E-state index contributed by atoms with van der Waals surface area (Å²) in [5.41, 5.74) is 7.48. The first-order valence-electron chi connectivity index (χ1n) is 5.35. The van der Waals surface area contributed by atoms with E-state index in [4.69, 9.17) is 5.73 Å². The van der Waals surface area contributed by atoms with Gasteiger partial charge in [-0.25, -0.2) is 0 Å². The topological polar surface area (TPSA) is 84.2 Å². The highest BCUT2D eigenvalue weighted by atomic mass is 16.2. The number of nitrogens with two attached hydrogens (primary N) is 1. The van der Waals surface area contributed by atoms with Gasteiger partial charge in [-0.3, -0.25) is 9.59 Å². The zero-order chi connectivity index (χ0) is 13.0. The highest BCUT2D eigenvalue weighted by Crippen LogP contribution is 2.15. The van der Waals surface area contributed by atoms with Crippen LogP contribution in [0.5, 0.6) is 0 Å². The monoisotopic (exact) mass is 235 g/mol. The third-order valence-electron chi connectivity index (χ3n) is 2.61. The van der Waals surface area contributed by atoms with E-state index in [1.807, 2.05) is 0 Å². The largest absolute Gasteiger partial charge is 0.398 e. The summed E-state index contributed by atoms with van der Waals surface area (Å²) in [6, 6.07) is 4.54. The predicted molar refractivity (Wildman–Crippen MR) is 66.6 cm³/mol. The first kappa shape index (κ1) is 13.0. The third-order valence-corrected chi connectivity index (χ3v) is 2.61. The zero-order valence-electron chi connectivity index (χ0n) is 10.2. The van der Waals surface area contributed by atoms with E-state index in [1.165, 1.54) is 7.05 Å². The molecule has 0 saturated carbocycles. The van der Waals surface area contributed by atoms with Crippen LogP contribution in [0.25, 0.3) is 0 Å². The summed E-state index contributed by atoms with van der Waals surface area (Å²) in [6.07, 6.45) is 0. The number of carbonyl (C=O) groups excluding carboxylic acids is 2. The fourth-order valence-corrected chi connectivity index (χ4v) is 1.46. The quantitative estimate of drug-likeness (QED) is 0.665. The van der Waals surface area contributed by atoms with Crippen molar-refractivity contribution in [3.05, 3.63) is 29.3 Å². The van der Waals surface area contributed by atoms with Crippen molar-refractivity contribution in [1.29, 1.82) is 0 Å². The summed E-state index contributed by atoms with van der Waals surface area (Å²) < 4.78 is 0. The van der Waals surface area contributed by atoms with Gasteiger partial charge in [0.1, 0.15) is 6.04 Å². The molecule has 0 aromatic heterocycles. The molecule has 5 nitrogen and oxygen atoms in total. The summed E-state index contributed by atoms with van der Waals surface area (Å²) in [4.78, 5) is 23.2. The molecule has 0 bridgehead atoms. The van der Waals surface area contributed by atoms with Crippen LogP contribution in [0.3, 0.4) is 0 Å². The van der Waals surface area contributed by atoms with Gasteiger partial charge >= 0.3 is 0 Å². The summed E-state index contributed by atoms with van der Waals surface area (Å²) >= 11 is 0. The van der Waals surface area contributed by atoms with Crippen molar-refractivity contribution in [1.82, 2.24) is 10.6 Å². The number of likely N-dealkylation sites (N-methyl/N-ethyl adjacent to an activating group) is 1. The number of amides is 2.